The number of carbonyl (C=O) groups is 1. The van der Waals surface area contributed by atoms with Crippen LogP contribution in [-0.4, -0.2) is 43.1 Å². The Hall–Kier alpha value is -1.04. The third-order valence-electron chi connectivity index (χ3n) is 3.48. The predicted molar refractivity (Wildman–Crippen MR) is 82.8 cm³/mol. The second-order valence-electron chi connectivity index (χ2n) is 4.93. The molecular weight excluding hydrogens is 318 g/mol. The zero-order valence-corrected chi connectivity index (χ0v) is 13.5. The average Bonchev–Trinajstić information content (AvgIpc) is 2.94. The van der Waals surface area contributed by atoms with E-state index in [1.165, 1.54) is 18.2 Å². The summed E-state index contributed by atoms with van der Waals surface area (Å²) in [5.74, 6) is -0.235. The summed E-state index contributed by atoms with van der Waals surface area (Å²) < 4.78 is 18.5. The molecule has 1 N–H and O–H groups in total. The molecule has 0 radical (unpaired) electrons. The molecule has 2 unspecified atom stereocenters. The monoisotopic (exact) mass is 336 g/mol. The fourth-order valence-electron chi connectivity index (χ4n) is 2.25. The molecule has 0 aliphatic carbocycles. The predicted octanol–water partition coefficient (Wildman–Crippen LogP) is 2.49. The van der Waals surface area contributed by atoms with Crippen LogP contribution in [0, 0.1) is 5.82 Å². The van der Waals surface area contributed by atoms with E-state index >= 15 is 0 Å². The molecule has 1 saturated heterocycles. The fourth-order valence-corrected chi connectivity index (χ4v) is 2.46. The van der Waals surface area contributed by atoms with Crippen molar-refractivity contribution in [2.75, 3.05) is 20.1 Å². The lowest BCUT2D eigenvalue weighted by molar-refractivity contribution is -0.138. The SMILES string of the molecule is CC(Oc1ccc(F)cc1Cl)C(=O)N(C)C1CCNC1.Cl. The van der Waals surface area contributed by atoms with Crippen LogP contribution in [-0.2, 0) is 4.79 Å². The van der Waals surface area contributed by atoms with Crippen LogP contribution in [0.1, 0.15) is 13.3 Å². The second kappa shape index (κ2) is 7.82. The van der Waals surface area contributed by atoms with Crippen molar-refractivity contribution in [1.29, 1.82) is 0 Å². The zero-order valence-electron chi connectivity index (χ0n) is 11.9. The molecule has 1 heterocycles. The Labute approximate surface area is 135 Å². The smallest absolute Gasteiger partial charge is 0.263 e. The molecule has 2 atom stereocenters. The molecule has 21 heavy (non-hydrogen) atoms. The number of rotatable bonds is 4. The number of benzene rings is 1. The number of ether oxygens (including phenoxy) is 1. The summed E-state index contributed by atoms with van der Waals surface area (Å²) in [6.07, 6.45) is 0.273. The topological polar surface area (TPSA) is 41.6 Å². The van der Waals surface area contributed by atoms with E-state index in [1.54, 1.807) is 18.9 Å². The Balaban J connectivity index is 0.00000220. The summed E-state index contributed by atoms with van der Waals surface area (Å²) >= 11 is 5.89. The van der Waals surface area contributed by atoms with Gasteiger partial charge in [-0.15, -0.1) is 12.4 Å². The van der Waals surface area contributed by atoms with Crippen molar-refractivity contribution in [3.8, 4) is 5.75 Å². The van der Waals surface area contributed by atoms with Gasteiger partial charge >= 0.3 is 0 Å². The third-order valence-corrected chi connectivity index (χ3v) is 3.77. The number of hydrogen-bond acceptors (Lipinski definition) is 3. The number of nitrogens with one attached hydrogen (secondary N) is 1. The van der Waals surface area contributed by atoms with E-state index in [4.69, 9.17) is 16.3 Å². The highest BCUT2D eigenvalue weighted by Gasteiger charge is 2.27. The number of nitrogens with zero attached hydrogens (tertiary/aromatic N) is 1. The van der Waals surface area contributed by atoms with Crippen molar-refractivity contribution in [1.82, 2.24) is 10.2 Å². The normalized spacial score (nSPS) is 18.8. The molecule has 2 rings (SSSR count). The van der Waals surface area contributed by atoms with Gasteiger partial charge in [0.25, 0.3) is 5.91 Å². The number of hydrogen-bond donors (Lipinski definition) is 1. The van der Waals surface area contributed by atoms with Crippen molar-refractivity contribution in [2.45, 2.75) is 25.5 Å². The van der Waals surface area contributed by atoms with Gasteiger partial charge in [-0.25, -0.2) is 4.39 Å². The molecule has 1 aromatic rings. The van der Waals surface area contributed by atoms with Crippen molar-refractivity contribution in [3.63, 3.8) is 0 Å². The molecule has 1 aromatic carbocycles. The largest absolute Gasteiger partial charge is 0.479 e. The first kappa shape index (κ1) is 18.0. The number of carbonyl (C=O) groups excluding carboxylic acids is 1. The van der Waals surface area contributed by atoms with E-state index in [2.05, 4.69) is 5.32 Å². The molecule has 7 heteroatoms. The Kier molecular flexibility index (Phi) is 6.71. The highest BCUT2D eigenvalue weighted by molar-refractivity contribution is 6.32. The molecule has 1 fully saturated rings. The molecule has 0 bridgehead atoms. The van der Waals surface area contributed by atoms with Crippen LogP contribution in [0.25, 0.3) is 0 Å². The Morgan fingerprint density at radius 1 is 1.57 bits per heavy atom. The minimum atomic E-state index is -0.663. The number of amides is 1. The molecule has 1 aliphatic rings. The molecule has 118 valence electrons. The highest BCUT2D eigenvalue weighted by Crippen LogP contribution is 2.26. The molecule has 0 spiro atoms. The van der Waals surface area contributed by atoms with E-state index in [9.17, 15) is 9.18 Å². The molecule has 0 saturated carbocycles. The summed E-state index contributed by atoms with van der Waals surface area (Å²) in [4.78, 5) is 14.0. The first-order valence-electron chi connectivity index (χ1n) is 6.58. The second-order valence-corrected chi connectivity index (χ2v) is 5.34. The van der Waals surface area contributed by atoms with Gasteiger partial charge in [-0.2, -0.15) is 0 Å². The van der Waals surface area contributed by atoms with Crippen LogP contribution in [0.5, 0.6) is 5.75 Å². The first-order chi connectivity index (χ1) is 9.49. The quantitative estimate of drug-likeness (QED) is 0.918. The minimum Gasteiger partial charge on any atom is -0.479 e. The van der Waals surface area contributed by atoms with Crippen molar-refractivity contribution < 1.29 is 13.9 Å². The Morgan fingerprint density at radius 2 is 2.29 bits per heavy atom. The summed E-state index contributed by atoms with van der Waals surface area (Å²) in [6.45, 7) is 3.38. The van der Waals surface area contributed by atoms with Crippen LogP contribution in [0.3, 0.4) is 0 Å². The van der Waals surface area contributed by atoms with Crippen LogP contribution in [0.15, 0.2) is 18.2 Å². The van der Waals surface area contributed by atoms with Crippen LogP contribution < -0.4 is 10.1 Å². The maximum absolute atomic E-state index is 13.0. The van der Waals surface area contributed by atoms with Crippen molar-refractivity contribution in [2.24, 2.45) is 0 Å². The molecule has 4 nitrogen and oxygen atoms in total. The number of halogens is 3. The zero-order chi connectivity index (χ0) is 14.7. The van der Waals surface area contributed by atoms with E-state index in [-0.39, 0.29) is 29.4 Å². The molecular formula is C14H19Cl2FN2O2. The average molecular weight is 337 g/mol. The van der Waals surface area contributed by atoms with E-state index in [0.717, 1.165) is 19.5 Å². The van der Waals surface area contributed by atoms with Crippen LogP contribution >= 0.6 is 24.0 Å². The lowest BCUT2D eigenvalue weighted by atomic mass is 10.2. The molecule has 1 amide bonds. The van der Waals surface area contributed by atoms with Gasteiger partial charge in [-0.1, -0.05) is 11.6 Å². The Morgan fingerprint density at radius 3 is 2.86 bits per heavy atom. The van der Waals surface area contributed by atoms with Gasteiger partial charge in [0.1, 0.15) is 11.6 Å². The lowest BCUT2D eigenvalue weighted by Crippen LogP contribution is -2.44. The lowest BCUT2D eigenvalue weighted by Gasteiger charge is -2.27. The van der Waals surface area contributed by atoms with E-state index in [0.29, 0.717) is 5.75 Å². The van der Waals surface area contributed by atoms with Gasteiger partial charge in [-0.3, -0.25) is 4.79 Å². The third kappa shape index (κ3) is 4.46. The minimum absolute atomic E-state index is 0. The summed E-state index contributed by atoms with van der Waals surface area (Å²) in [6, 6.07) is 4.04. The molecule has 1 aliphatic heterocycles. The van der Waals surface area contributed by atoms with Crippen LogP contribution in [0.2, 0.25) is 5.02 Å². The van der Waals surface area contributed by atoms with E-state index in [1.807, 2.05) is 0 Å². The van der Waals surface area contributed by atoms with Gasteiger partial charge in [0, 0.05) is 19.6 Å². The van der Waals surface area contributed by atoms with Gasteiger partial charge < -0.3 is 15.0 Å². The van der Waals surface area contributed by atoms with E-state index < -0.39 is 11.9 Å². The Bertz CT molecular complexity index is 496. The summed E-state index contributed by atoms with van der Waals surface area (Å²) in [5, 5.41) is 3.38. The van der Waals surface area contributed by atoms with Gasteiger partial charge in [0.2, 0.25) is 0 Å². The fraction of sp³-hybridized carbons (Fsp3) is 0.500. The first-order valence-corrected chi connectivity index (χ1v) is 6.96. The summed E-state index contributed by atoms with van der Waals surface area (Å²) in [5.41, 5.74) is 0. The van der Waals surface area contributed by atoms with Gasteiger partial charge in [0.15, 0.2) is 6.10 Å². The van der Waals surface area contributed by atoms with Gasteiger partial charge in [0.05, 0.1) is 5.02 Å². The standard InChI is InChI=1S/C14H18ClFN2O2.ClH/c1-9(14(19)18(2)11-5-6-17-8-11)20-13-4-3-10(16)7-12(13)15;/h3-4,7,9,11,17H,5-6,8H2,1-2H3;1H. The number of likely N-dealkylation sites (N-methyl/N-ethyl adjacent to an activating group) is 1. The van der Waals surface area contributed by atoms with Gasteiger partial charge in [-0.05, 0) is 38.1 Å². The molecule has 0 aromatic heterocycles. The maximum Gasteiger partial charge on any atom is 0.263 e. The van der Waals surface area contributed by atoms with Crippen molar-refractivity contribution >= 4 is 29.9 Å². The maximum atomic E-state index is 13.0. The van der Waals surface area contributed by atoms with Crippen molar-refractivity contribution in [3.05, 3.63) is 29.0 Å². The summed E-state index contributed by atoms with van der Waals surface area (Å²) in [7, 11) is 1.77. The highest BCUT2D eigenvalue weighted by atomic mass is 35.5. The van der Waals surface area contributed by atoms with Crippen LogP contribution in [0.4, 0.5) is 4.39 Å².